The van der Waals surface area contributed by atoms with Crippen LogP contribution in [0.2, 0.25) is 0 Å². The largest absolute Gasteiger partial charge is 0.496 e. The van der Waals surface area contributed by atoms with Crippen molar-refractivity contribution in [3.05, 3.63) is 54.3 Å². The Labute approximate surface area is 161 Å². The van der Waals surface area contributed by atoms with Gasteiger partial charge < -0.3 is 14.6 Å². The summed E-state index contributed by atoms with van der Waals surface area (Å²) in [7, 11) is 3.52. The zero-order valence-electron chi connectivity index (χ0n) is 15.6. The fourth-order valence-corrected chi connectivity index (χ4v) is 3.38. The summed E-state index contributed by atoms with van der Waals surface area (Å²) in [6, 6.07) is 7.04. The topological polar surface area (TPSA) is 106 Å². The molecule has 3 aromatic rings. The van der Waals surface area contributed by atoms with E-state index in [2.05, 4.69) is 30.3 Å². The van der Waals surface area contributed by atoms with Crippen LogP contribution in [0.4, 0.5) is 0 Å². The number of ether oxygens (including phenoxy) is 1. The van der Waals surface area contributed by atoms with Gasteiger partial charge in [-0.1, -0.05) is 17.3 Å². The summed E-state index contributed by atoms with van der Waals surface area (Å²) in [6.07, 6.45) is 5.42. The Kier molecular flexibility index (Phi) is 4.98. The number of benzene rings is 1. The summed E-state index contributed by atoms with van der Waals surface area (Å²) in [5.41, 5.74) is 1.07. The molecule has 0 radical (unpaired) electrons. The van der Waals surface area contributed by atoms with Crippen LogP contribution in [0, 0.1) is 0 Å². The minimum absolute atomic E-state index is 0.0423. The van der Waals surface area contributed by atoms with E-state index in [-0.39, 0.29) is 18.0 Å². The highest BCUT2D eigenvalue weighted by Gasteiger charge is 2.35. The molecule has 4 rings (SSSR count). The zero-order chi connectivity index (χ0) is 19.5. The fourth-order valence-electron chi connectivity index (χ4n) is 3.38. The highest BCUT2D eigenvalue weighted by atomic mass is 16.5. The molecule has 0 spiro atoms. The van der Waals surface area contributed by atoms with Gasteiger partial charge in [-0.05, 0) is 25.6 Å². The van der Waals surface area contributed by atoms with Gasteiger partial charge in [0.2, 0.25) is 11.7 Å². The molecule has 1 saturated heterocycles. The lowest BCUT2D eigenvalue weighted by atomic mass is 10.1. The Balaban J connectivity index is 1.45. The zero-order valence-corrected chi connectivity index (χ0v) is 15.6. The Morgan fingerprint density at radius 1 is 1.32 bits per heavy atom. The third-order valence-electron chi connectivity index (χ3n) is 4.75. The molecule has 1 aliphatic rings. The number of hydrogen-bond donors (Lipinski definition) is 1. The molecule has 2 aromatic heterocycles. The standard InChI is InChI=1S/C19H20N6O3/c1-25-11-12(22-18(26)13-5-3-4-6-16(13)27-2)9-15(25)19-23-17(24-28-19)14-10-20-7-8-21-14/h3-8,10,12,15H,9,11H2,1-2H3,(H,22,26). The van der Waals surface area contributed by atoms with Gasteiger partial charge in [0, 0.05) is 25.0 Å². The molecule has 1 N–H and O–H groups in total. The molecule has 0 saturated carbocycles. The number of methoxy groups -OCH3 is 1. The molecule has 0 bridgehead atoms. The Morgan fingerprint density at radius 2 is 2.18 bits per heavy atom. The third kappa shape index (κ3) is 3.56. The van der Waals surface area contributed by atoms with Crippen LogP contribution in [-0.4, -0.2) is 57.7 Å². The number of carbonyl (C=O) groups excluding carboxylic acids is 1. The molecular weight excluding hydrogens is 360 g/mol. The van der Waals surface area contributed by atoms with E-state index in [1.165, 1.54) is 0 Å². The van der Waals surface area contributed by atoms with E-state index < -0.39 is 0 Å². The first-order valence-electron chi connectivity index (χ1n) is 8.90. The Hall–Kier alpha value is -3.33. The minimum Gasteiger partial charge on any atom is -0.496 e. The van der Waals surface area contributed by atoms with Crippen LogP contribution >= 0.6 is 0 Å². The van der Waals surface area contributed by atoms with Gasteiger partial charge in [-0.25, -0.2) is 4.98 Å². The van der Waals surface area contributed by atoms with Crippen LogP contribution in [0.1, 0.15) is 28.7 Å². The molecule has 1 fully saturated rings. The molecule has 9 nitrogen and oxygen atoms in total. The van der Waals surface area contributed by atoms with Crippen molar-refractivity contribution in [2.24, 2.45) is 0 Å². The molecule has 144 valence electrons. The van der Waals surface area contributed by atoms with Crippen LogP contribution in [0.25, 0.3) is 11.5 Å². The number of likely N-dealkylation sites (N-methyl/N-ethyl adjacent to an activating group) is 1. The van der Waals surface area contributed by atoms with Crippen LogP contribution in [-0.2, 0) is 0 Å². The molecule has 2 unspecified atom stereocenters. The second kappa shape index (κ2) is 7.73. The summed E-state index contributed by atoms with van der Waals surface area (Å²) >= 11 is 0. The second-order valence-electron chi connectivity index (χ2n) is 6.61. The van der Waals surface area contributed by atoms with Crippen molar-refractivity contribution < 1.29 is 14.1 Å². The molecule has 3 heterocycles. The van der Waals surface area contributed by atoms with Crippen LogP contribution in [0.3, 0.4) is 0 Å². The third-order valence-corrected chi connectivity index (χ3v) is 4.75. The highest BCUT2D eigenvalue weighted by molar-refractivity contribution is 5.97. The average molecular weight is 380 g/mol. The molecular formula is C19H20N6O3. The molecule has 0 aliphatic carbocycles. The minimum atomic E-state index is -0.165. The lowest BCUT2D eigenvalue weighted by Crippen LogP contribution is -2.36. The number of carbonyl (C=O) groups is 1. The van der Waals surface area contributed by atoms with Gasteiger partial charge in [0.15, 0.2) is 0 Å². The maximum atomic E-state index is 12.6. The predicted octanol–water partition coefficient (Wildman–Crippen LogP) is 1.71. The van der Waals surface area contributed by atoms with E-state index in [0.717, 1.165) is 0 Å². The SMILES string of the molecule is COc1ccccc1C(=O)NC1CC(c2nc(-c3cnccn3)no2)N(C)C1. The fraction of sp³-hybridized carbons (Fsp3) is 0.316. The Bertz CT molecular complexity index is 961. The number of nitrogens with zero attached hydrogens (tertiary/aromatic N) is 5. The molecule has 9 heteroatoms. The van der Waals surface area contributed by atoms with Gasteiger partial charge in [0.1, 0.15) is 11.4 Å². The van der Waals surface area contributed by atoms with Crippen molar-refractivity contribution in [1.29, 1.82) is 0 Å². The molecule has 2 atom stereocenters. The molecule has 1 amide bonds. The summed E-state index contributed by atoms with van der Waals surface area (Å²) in [4.78, 5) is 27.4. The molecule has 1 aromatic carbocycles. The number of likely N-dealkylation sites (tertiary alicyclic amines) is 1. The molecule has 1 aliphatic heterocycles. The number of nitrogens with one attached hydrogen (secondary N) is 1. The predicted molar refractivity (Wildman–Crippen MR) is 99.6 cm³/mol. The first-order valence-corrected chi connectivity index (χ1v) is 8.90. The van der Waals surface area contributed by atoms with Crippen LogP contribution in [0.15, 0.2) is 47.4 Å². The highest BCUT2D eigenvalue weighted by Crippen LogP contribution is 2.31. The van der Waals surface area contributed by atoms with E-state index in [0.29, 0.717) is 41.7 Å². The summed E-state index contributed by atoms with van der Waals surface area (Å²) in [5, 5.41) is 7.07. The van der Waals surface area contributed by atoms with E-state index in [4.69, 9.17) is 9.26 Å². The normalized spacial score (nSPS) is 19.5. The number of aromatic nitrogens is 4. The van der Waals surface area contributed by atoms with Gasteiger partial charge in [0.05, 0.1) is 24.9 Å². The van der Waals surface area contributed by atoms with E-state index >= 15 is 0 Å². The van der Waals surface area contributed by atoms with Gasteiger partial charge in [-0.2, -0.15) is 4.98 Å². The first kappa shape index (κ1) is 18.1. The van der Waals surface area contributed by atoms with Gasteiger partial charge in [-0.15, -0.1) is 0 Å². The van der Waals surface area contributed by atoms with Crippen molar-refractivity contribution in [3.63, 3.8) is 0 Å². The van der Waals surface area contributed by atoms with Crippen molar-refractivity contribution >= 4 is 5.91 Å². The van der Waals surface area contributed by atoms with Crippen LogP contribution in [0.5, 0.6) is 5.75 Å². The molecule has 28 heavy (non-hydrogen) atoms. The number of para-hydroxylation sites is 1. The maximum absolute atomic E-state index is 12.6. The first-order chi connectivity index (χ1) is 13.7. The van der Waals surface area contributed by atoms with Crippen LogP contribution < -0.4 is 10.1 Å². The number of rotatable bonds is 5. The van der Waals surface area contributed by atoms with Crippen molar-refractivity contribution in [3.8, 4) is 17.3 Å². The van der Waals surface area contributed by atoms with E-state index in [1.54, 1.807) is 37.8 Å². The van der Waals surface area contributed by atoms with E-state index in [9.17, 15) is 4.79 Å². The van der Waals surface area contributed by atoms with Crippen molar-refractivity contribution in [1.82, 2.24) is 30.3 Å². The maximum Gasteiger partial charge on any atom is 0.255 e. The van der Waals surface area contributed by atoms with Crippen molar-refractivity contribution in [2.75, 3.05) is 20.7 Å². The lowest BCUT2D eigenvalue weighted by Gasteiger charge is -2.14. The Morgan fingerprint density at radius 3 is 2.96 bits per heavy atom. The summed E-state index contributed by atoms with van der Waals surface area (Å²) in [5.74, 6) is 1.28. The summed E-state index contributed by atoms with van der Waals surface area (Å²) in [6.45, 7) is 0.675. The van der Waals surface area contributed by atoms with Crippen molar-refractivity contribution in [2.45, 2.75) is 18.5 Å². The van der Waals surface area contributed by atoms with E-state index in [1.807, 2.05) is 19.2 Å². The second-order valence-corrected chi connectivity index (χ2v) is 6.61. The smallest absolute Gasteiger partial charge is 0.255 e. The average Bonchev–Trinajstić information content (AvgIpc) is 3.35. The lowest BCUT2D eigenvalue weighted by molar-refractivity contribution is 0.0935. The monoisotopic (exact) mass is 380 g/mol. The van der Waals surface area contributed by atoms with Gasteiger partial charge >= 0.3 is 0 Å². The number of amides is 1. The summed E-state index contributed by atoms with van der Waals surface area (Å²) < 4.78 is 10.7. The number of hydrogen-bond acceptors (Lipinski definition) is 8. The van der Waals surface area contributed by atoms with Gasteiger partial charge in [0.25, 0.3) is 5.91 Å². The van der Waals surface area contributed by atoms with Gasteiger partial charge in [-0.3, -0.25) is 14.7 Å². The quantitative estimate of drug-likeness (QED) is 0.713.